The molecular formula is C18H22N4O2. The molecule has 0 spiro atoms. The van der Waals surface area contributed by atoms with Crippen molar-refractivity contribution >= 4 is 5.91 Å². The van der Waals surface area contributed by atoms with Crippen LogP contribution in [0.2, 0.25) is 0 Å². The Morgan fingerprint density at radius 2 is 2.08 bits per heavy atom. The van der Waals surface area contributed by atoms with E-state index in [1.54, 1.807) is 7.11 Å². The molecule has 126 valence electrons. The molecule has 6 nitrogen and oxygen atoms in total. The molecule has 1 aromatic heterocycles. The van der Waals surface area contributed by atoms with Crippen LogP contribution in [0.15, 0.2) is 24.3 Å². The van der Waals surface area contributed by atoms with E-state index in [0.29, 0.717) is 17.4 Å². The number of hydrogen-bond acceptors (Lipinski definition) is 4. The fourth-order valence-electron chi connectivity index (χ4n) is 3.30. The van der Waals surface area contributed by atoms with Gasteiger partial charge in [-0.3, -0.25) is 9.89 Å². The number of aromatic nitrogens is 3. The molecule has 1 saturated heterocycles. The second-order valence-electron chi connectivity index (χ2n) is 6.75. The number of nitrogens with one attached hydrogen (secondary N) is 1. The fraction of sp³-hybridized carbons (Fsp3) is 0.500. The summed E-state index contributed by atoms with van der Waals surface area (Å²) >= 11 is 0. The quantitative estimate of drug-likeness (QED) is 0.916. The molecule has 2 fully saturated rings. The summed E-state index contributed by atoms with van der Waals surface area (Å²) in [5.41, 5.74) is 0.715. The summed E-state index contributed by atoms with van der Waals surface area (Å²) in [5, 5.41) is 7.37. The minimum Gasteiger partial charge on any atom is -0.497 e. The van der Waals surface area contributed by atoms with Gasteiger partial charge >= 0.3 is 0 Å². The molecule has 6 heteroatoms. The number of rotatable bonds is 5. The summed E-state index contributed by atoms with van der Waals surface area (Å²) in [4.78, 5) is 19.1. The predicted molar refractivity (Wildman–Crippen MR) is 89.1 cm³/mol. The summed E-state index contributed by atoms with van der Waals surface area (Å²) in [6.07, 6.45) is 4.31. The van der Waals surface area contributed by atoms with E-state index in [-0.39, 0.29) is 5.91 Å². The van der Waals surface area contributed by atoms with Gasteiger partial charge in [0.1, 0.15) is 11.6 Å². The highest BCUT2D eigenvalue weighted by Gasteiger charge is 2.30. The summed E-state index contributed by atoms with van der Waals surface area (Å²) in [6, 6.07) is 7.31. The van der Waals surface area contributed by atoms with Crippen LogP contribution in [0.4, 0.5) is 0 Å². The highest BCUT2D eigenvalue weighted by Crippen LogP contribution is 2.37. The first-order valence-corrected chi connectivity index (χ1v) is 8.57. The topological polar surface area (TPSA) is 71.1 Å². The van der Waals surface area contributed by atoms with Gasteiger partial charge in [0.05, 0.1) is 7.11 Å². The molecule has 24 heavy (non-hydrogen) atoms. The molecule has 1 saturated carbocycles. The smallest absolute Gasteiger partial charge is 0.253 e. The molecular weight excluding hydrogens is 304 g/mol. The van der Waals surface area contributed by atoms with Crippen LogP contribution < -0.4 is 4.74 Å². The average molecular weight is 326 g/mol. The normalized spacial score (nSPS) is 20.4. The molecule has 1 amide bonds. The number of H-pyrrole nitrogens is 1. The summed E-state index contributed by atoms with van der Waals surface area (Å²) in [7, 11) is 1.63. The van der Waals surface area contributed by atoms with Crippen molar-refractivity contribution in [1.29, 1.82) is 0 Å². The number of carbonyl (C=O) groups excluding carboxylic acids is 1. The molecule has 1 N–H and O–H groups in total. The number of amides is 1. The van der Waals surface area contributed by atoms with Gasteiger partial charge in [-0.05, 0) is 49.4 Å². The first-order valence-electron chi connectivity index (χ1n) is 8.57. The van der Waals surface area contributed by atoms with E-state index in [1.807, 2.05) is 29.2 Å². The van der Waals surface area contributed by atoms with Gasteiger partial charge in [-0.2, -0.15) is 5.10 Å². The van der Waals surface area contributed by atoms with Gasteiger partial charge in [0.25, 0.3) is 5.91 Å². The molecule has 2 aromatic rings. The van der Waals surface area contributed by atoms with E-state index >= 15 is 0 Å². The Labute approximate surface area is 141 Å². The van der Waals surface area contributed by atoms with Crippen molar-refractivity contribution in [2.45, 2.75) is 31.6 Å². The number of carbonyl (C=O) groups is 1. The van der Waals surface area contributed by atoms with Gasteiger partial charge in [0.2, 0.25) is 0 Å². The average Bonchev–Trinajstić information content (AvgIpc) is 3.19. The minimum absolute atomic E-state index is 0.0939. The molecule has 0 bridgehead atoms. The van der Waals surface area contributed by atoms with Crippen molar-refractivity contribution in [1.82, 2.24) is 20.1 Å². The lowest BCUT2D eigenvalue weighted by molar-refractivity contribution is 0.0787. The van der Waals surface area contributed by atoms with Crippen LogP contribution in [0.5, 0.6) is 5.75 Å². The zero-order valence-electron chi connectivity index (χ0n) is 13.9. The molecule has 4 rings (SSSR count). The summed E-state index contributed by atoms with van der Waals surface area (Å²) < 4.78 is 5.14. The Hall–Kier alpha value is -2.37. The van der Waals surface area contributed by atoms with Crippen LogP contribution in [-0.2, 0) is 6.42 Å². The van der Waals surface area contributed by atoms with Gasteiger partial charge in [0, 0.05) is 31.0 Å². The predicted octanol–water partition coefficient (Wildman–Crippen LogP) is 2.40. The Morgan fingerprint density at radius 1 is 1.29 bits per heavy atom. The van der Waals surface area contributed by atoms with E-state index in [9.17, 15) is 4.79 Å². The molecule has 2 aliphatic rings. The molecule has 1 atom stereocenters. The highest BCUT2D eigenvalue weighted by molar-refractivity contribution is 5.94. The van der Waals surface area contributed by atoms with E-state index < -0.39 is 0 Å². The fourth-order valence-corrected chi connectivity index (χ4v) is 3.30. The molecule has 1 aliphatic heterocycles. The van der Waals surface area contributed by atoms with Gasteiger partial charge < -0.3 is 9.64 Å². The first-order chi connectivity index (χ1) is 11.7. The van der Waals surface area contributed by atoms with E-state index in [4.69, 9.17) is 4.74 Å². The Kier molecular flexibility index (Phi) is 3.96. The lowest BCUT2D eigenvalue weighted by Crippen LogP contribution is -2.28. The number of benzene rings is 1. The Bertz CT molecular complexity index is 721. The van der Waals surface area contributed by atoms with E-state index in [0.717, 1.165) is 43.3 Å². The standard InChI is InChI=1S/C18H22N4O2/c1-24-15-6-4-14(5-7-15)18(23)22-9-8-12(11-22)10-16-19-17(21-20-16)13-2-3-13/h4-7,12-13H,2-3,8-11H2,1H3,(H,19,20,21). The third-order valence-electron chi connectivity index (χ3n) is 4.88. The van der Waals surface area contributed by atoms with Gasteiger partial charge in [0.15, 0.2) is 5.82 Å². The van der Waals surface area contributed by atoms with Crippen molar-refractivity contribution in [3.63, 3.8) is 0 Å². The maximum atomic E-state index is 12.6. The van der Waals surface area contributed by atoms with Gasteiger partial charge in [-0.1, -0.05) is 0 Å². The van der Waals surface area contributed by atoms with E-state index in [2.05, 4.69) is 15.2 Å². The number of hydrogen-bond donors (Lipinski definition) is 1. The molecule has 1 aliphatic carbocycles. The maximum Gasteiger partial charge on any atom is 0.253 e. The van der Waals surface area contributed by atoms with Gasteiger partial charge in [-0.15, -0.1) is 0 Å². The summed E-state index contributed by atoms with van der Waals surface area (Å²) in [5.74, 6) is 3.81. The van der Waals surface area contributed by atoms with E-state index in [1.165, 1.54) is 12.8 Å². The number of methoxy groups -OCH3 is 1. The summed E-state index contributed by atoms with van der Waals surface area (Å²) in [6.45, 7) is 1.59. The Balaban J connectivity index is 1.35. The van der Waals surface area contributed by atoms with Crippen molar-refractivity contribution in [2.24, 2.45) is 5.92 Å². The Morgan fingerprint density at radius 3 is 2.79 bits per heavy atom. The second-order valence-corrected chi connectivity index (χ2v) is 6.75. The monoisotopic (exact) mass is 326 g/mol. The van der Waals surface area contributed by atoms with Crippen molar-refractivity contribution in [3.8, 4) is 5.75 Å². The van der Waals surface area contributed by atoms with Crippen LogP contribution in [0.3, 0.4) is 0 Å². The lowest BCUT2D eigenvalue weighted by Gasteiger charge is -2.16. The van der Waals surface area contributed by atoms with Crippen LogP contribution in [-0.4, -0.2) is 46.2 Å². The van der Waals surface area contributed by atoms with Crippen molar-refractivity contribution in [3.05, 3.63) is 41.5 Å². The first kappa shape index (κ1) is 15.2. The minimum atomic E-state index is 0.0939. The zero-order chi connectivity index (χ0) is 16.5. The van der Waals surface area contributed by atoms with Gasteiger partial charge in [-0.25, -0.2) is 4.98 Å². The number of ether oxygens (including phenoxy) is 1. The zero-order valence-corrected chi connectivity index (χ0v) is 13.9. The highest BCUT2D eigenvalue weighted by atomic mass is 16.5. The van der Waals surface area contributed by atoms with Crippen molar-refractivity contribution in [2.75, 3.05) is 20.2 Å². The lowest BCUT2D eigenvalue weighted by atomic mass is 10.0. The van der Waals surface area contributed by atoms with Crippen LogP contribution >= 0.6 is 0 Å². The van der Waals surface area contributed by atoms with Crippen molar-refractivity contribution < 1.29 is 9.53 Å². The molecule has 1 unspecified atom stereocenters. The largest absolute Gasteiger partial charge is 0.497 e. The third-order valence-corrected chi connectivity index (χ3v) is 4.88. The second kappa shape index (κ2) is 6.26. The van der Waals surface area contributed by atoms with Crippen LogP contribution in [0, 0.1) is 5.92 Å². The number of likely N-dealkylation sites (tertiary alicyclic amines) is 1. The molecule has 2 heterocycles. The molecule has 1 aromatic carbocycles. The van der Waals surface area contributed by atoms with Crippen LogP contribution in [0.1, 0.15) is 47.2 Å². The third kappa shape index (κ3) is 3.13. The number of aromatic amines is 1. The maximum absolute atomic E-state index is 12.6. The van der Waals surface area contributed by atoms with Crippen LogP contribution in [0.25, 0.3) is 0 Å². The molecule has 0 radical (unpaired) electrons. The SMILES string of the molecule is COc1ccc(C(=O)N2CCC(Cc3nc(C4CC4)n[nH]3)C2)cc1. The number of nitrogens with zero attached hydrogens (tertiary/aromatic N) is 3.